The summed E-state index contributed by atoms with van der Waals surface area (Å²) in [6.45, 7) is 4.44. The zero-order valence-electron chi connectivity index (χ0n) is 11.9. The lowest BCUT2D eigenvalue weighted by atomic mass is 10.3. The van der Waals surface area contributed by atoms with Gasteiger partial charge in [-0.1, -0.05) is 30.0 Å². The van der Waals surface area contributed by atoms with E-state index in [2.05, 4.69) is 10.2 Å². The Hall–Kier alpha value is -2.02. The third-order valence-corrected chi connectivity index (χ3v) is 3.89. The van der Waals surface area contributed by atoms with E-state index in [1.165, 1.54) is 0 Å². The van der Waals surface area contributed by atoms with E-state index in [0.717, 1.165) is 17.5 Å². The van der Waals surface area contributed by atoms with Crippen LogP contribution in [0, 0.1) is 0 Å². The molecule has 21 heavy (non-hydrogen) atoms. The molecule has 0 spiro atoms. The van der Waals surface area contributed by atoms with Gasteiger partial charge in [0, 0.05) is 11.8 Å². The number of aromatic nitrogens is 3. The van der Waals surface area contributed by atoms with Crippen molar-refractivity contribution in [3.05, 3.63) is 36.2 Å². The van der Waals surface area contributed by atoms with Crippen LogP contribution in [0.25, 0.3) is 0 Å². The lowest BCUT2D eigenvalue weighted by Crippen LogP contribution is -2.31. The third kappa shape index (κ3) is 3.98. The molecule has 0 aliphatic heterocycles. The molecule has 112 valence electrons. The molecule has 0 unspecified atom stereocenters. The van der Waals surface area contributed by atoms with Gasteiger partial charge in [0.2, 0.25) is 0 Å². The van der Waals surface area contributed by atoms with Gasteiger partial charge in [-0.3, -0.25) is 0 Å². The van der Waals surface area contributed by atoms with E-state index in [1.54, 1.807) is 6.92 Å². The van der Waals surface area contributed by atoms with Crippen LogP contribution in [0.3, 0.4) is 0 Å². The summed E-state index contributed by atoms with van der Waals surface area (Å²) in [6.07, 6.45) is 0. The van der Waals surface area contributed by atoms with E-state index in [4.69, 9.17) is 4.74 Å². The van der Waals surface area contributed by atoms with E-state index in [9.17, 15) is 9.90 Å². The van der Waals surface area contributed by atoms with Gasteiger partial charge >= 0.3 is 0 Å². The average molecular weight is 306 g/mol. The minimum Gasteiger partial charge on any atom is -0.549 e. The summed E-state index contributed by atoms with van der Waals surface area (Å²) in [5.74, 6) is 0.294. The molecule has 0 N–H and O–H groups in total. The fourth-order valence-electron chi connectivity index (χ4n) is 1.70. The maximum Gasteiger partial charge on any atom is 0.191 e. The number of hydrogen-bond acceptors (Lipinski definition) is 6. The summed E-state index contributed by atoms with van der Waals surface area (Å²) in [5.41, 5.74) is 0. The highest BCUT2D eigenvalue weighted by Crippen LogP contribution is 2.22. The molecule has 0 aliphatic carbocycles. The van der Waals surface area contributed by atoms with Gasteiger partial charge < -0.3 is 19.2 Å². The Labute approximate surface area is 127 Å². The van der Waals surface area contributed by atoms with Crippen LogP contribution in [0.15, 0.2) is 35.5 Å². The molecule has 1 heterocycles. The molecular weight excluding hydrogens is 290 g/mol. The van der Waals surface area contributed by atoms with Gasteiger partial charge in [-0.25, -0.2) is 0 Å². The number of nitrogens with zero attached hydrogens (tertiary/aromatic N) is 3. The Bertz CT molecular complexity index is 601. The van der Waals surface area contributed by atoms with Crippen molar-refractivity contribution in [3.63, 3.8) is 0 Å². The first kappa shape index (κ1) is 15.4. The van der Waals surface area contributed by atoms with Gasteiger partial charge in [0.05, 0.1) is 5.97 Å². The van der Waals surface area contributed by atoms with Crippen molar-refractivity contribution in [1.29, 1.82) is 0 Å². The monoisotopic (exact) mass is 306 g/mol. The van der Waals surface area contributed by atoms with Crippen molar-refractivity contribution in [2.45, 2.75) is 37.4 Å². The minimum atomic E-state index is -1.12. The number of para-hydroxylation sites is 1. The maximum atomic E-state index is 10.8. The second kappa shape index (κ2) is 7.12. The summed E-state index contributed by atoms with van der Waals surface area (Å²) in [4.78, 5) is 10.8. The van der Waals surface area contributed by atoms with Crippen LogP contribution < -0.4 is 9.84 Å². The number of hydrogen-bond donors (Lipinski definition) is 0. The van der Waals surface area contributed by atoms with Crippen LogP contribution >= 0.6 is 11.8 Å². The Morgan fingerprint density at radius 3 is 2.71 bits per heavy atom. The third-order valence-electron chi connectivity index (χ3n) is 2.83. The number of rotatable bonds is 7. The summed E-state index contributed by atoms with van der Waals surface area (Å²) in [5, 5.41) is 18.8. The van der Waals surface area contributed by atoms with E-state index >= 15 is 0 Å². The number of carbonyl (C=O) groups excluding carboxylic acids is 1. The summed E-state index contributed by atoms with van der Waals surface area (Å²) in [6, 6.07) is 9.42. The largest absolute Gasteiger partial charge is 0.549 e. The Balaban J connectivity index is 2.07. The topological polar surface area (TPSA) is 80.1 Å². The number of thioether (sulfide) groups is 1. The highest BCUT2D eigenvalue weighted by molar-refractivity contribution is 8.00. The zero-order valence-corrected chi connectivity index (χ0v) is 12.7. The Morgan fingerprint density at radius 1 is 1.38 bits per heavy atom. The summed E-state index contributed by atoms with van der Waals surface area (Å²) >= 11 is 1.12. The van der Waals surface area contributed by atoms with Crippen molar-refractivity contribution < 1.29 is 14.6 Å². The second-order valence-electron chi connectivity index (χ2n) is 4.32. The lowest BCUT2D eigenvalue weighted by molar-refractivity contribution is -0.304. The molecule has 0 saturated heterocycles. The van der Waals surface area contributed by atoms with Gasteiger partial charge in [-0.05, 0) is 26.0 Å². The minimum absolute atomic E-state index is 0.283. The maximum absolute atomic E-state index is 10.8. The van der Waals surface area contributed by atoms with Crippen LogP contribution in [0.1, 0.15) is 19.7 Å². The van der Waals surface area contributed by atoms with Crippen molar-refractivity contribution in [2.75, 3.05) is 0 Å². The highest BCUT2D eigenvalue weighted by Gasteiger charge is 2.15. The predicted octanol–water partition coefficient (Wildman–Crippen LogP) is 1.11. The summed E-state index contributed by atoms with van der Waals surface area (Å²) in [7, 11) is 0. The number of carbonyl (C=O) groups is 1. The van der Waals surface area contributed by atoms with Crippen molar-refractivity contribution >= 4 is 17.7 Å². The highest BCUT2D eigenvalue weighted by atomic mass is 32.2. The van der Waals surface area contributed by atoms with Gasteiger partial charge in [0.1, 0.15) is 12.4 Å². The van der Waals surface area contributed by atoms with Crippen molar-refractivity contribution in [2.24, 2.45) is 0 Å². The smallest absolute Gasteiger partial charge is 0.191 e. The standard InChI is InChI=1S/C14H17N3O3S/c1-3-17-12(9-20-11-7-5-4-6-8-11)15-16-14(17)21-10(2)13(18)19/h4-8,10H,3,9H2,1-2H3,(H,18,19)/p-1/t10-/m1/s1. The van der Waals surface area contributed by atoms with Crippen LogP contribution in [-0.2, 0) is 17.9 Å². The van der Waals surface area contributed by atoms with E-state index in [0.29, 0.717) is 17.5 Å². The molecule has 2 aromatic rings. The fourth-order valence-corrected chi connectivity index (χ4v) is 2.56. The van der Waals surface area contributed by atoms with Gasteiger partial charge in [0.25, 0.3) is 0 Å². The van der Waals surface area contributed by atoms with Gasteiger partial charge in [0.15, 0.2) is 11.0 Å². The Kier molecular flexibility index (Phi) is 5.21. The van der Waals surface area contributed by atoms with Crippen molar-refractivity contribution in [3.8, 4) is 5.75 Å². The quantitative estimate of drug-likeness (QED) is 0.713. The van der Waals surface area contributed by atoms with Crippen LogP contribution in [-0.4, -0.2) is 26.0 Å². The normalized spacial score (nSPS) is 12.1. The first-order valence-corrected chi connectivity index (χ1v) is 7.47. The molecule has 1 aromatic heterocycles. The van der Waals surface area contributed by atoms with E-state index in [1.807, 2.05) is 41.8 Å². The molecule has 1 atom stereocenters. The number of carboxylic acids is 1. The first-order chi connectivity index (χ1) is 10.1. The lowest BCUT2D eigenvalue weighted by Gasteiger charge is -2.12. The van der Waals surface area contributed by atoms with E-state index < -0.39 is 11.2 Å². The van der Waals surface area contributed by atoms with Gasteiger partial charge in [-0.2, -0.15) is 0 Å². The zero-order chi connectivity index (χ0) is 15.2. The SMILES string of the molecule is CCn1c(COc2ccccc2)nnc1S[C@H](C)C(=O)[O-]. The van der Waals surface area contributed by atoms with Crippen LogP contribution in [0.2, 0.25) is 0 Å². The number of ether oxygens (including phenoxy) is 1. The van der Waals surface area contributed by atoms with Gasteiger partial charge in [-0.15, -0.1) is 10.2 Å². The molecule has 2 rings (SSSR count). The van der Waals surface area contributed by atoms with E-state index in [-0.39, 0.29) is 6.61 Å². The molecule has 0 radical (unpaired) electrons. The number of benzene rings is 1. The molecule has 0 fully saturated rings. The summed E-state index contributed by atoms with van der Waals surface area (Å²) < 4.78 is 7.48. The fraction of sp³-hybridized carbons (Fsp3) is 0.357. The molecule has 0 aliphatic rings. The van der Waals surface area contributed by atoms with Crippen LogP contribution in [0.5, 0.6) is 5.75 Å². The number of carboxylic acid groups (broad SMARTS) is 1. The molecule has 0 saturated carbocycles. The molecule has 1 aromatic carbocycles. The molecule has 0 amide bonds. The molecular formula is C14H16N3O3S-. The molecule has 6 nitrogen and oxygen atoms in total. The second-order valence-corrected chi connectivity index (χ2v) is 5.63. The number of aliphatic carboxylic acids is 1. The Morgan fingerprint density at radius 2 is 2.10 bits per heavy atom. The first-order valence-electron chi connectivity index (χ1n) is 6.59. The predicted molar refractivity (Wildman–Crippen MR) is 76.8 cm³/mol. The van der Waals surface area contributed by atoms with Crippen LogP contribution in [0.4, 0.5) is 0 Å². The van der Waals surface area contributed by atoms with Crippen molar-refractivity contribution in [1.82, 2.24) is 14.8 Å². The molecule has 7 heteroatoms. The average Bonchev–Trinajstić information content (AvgIpc) is 2.87. The molecule has 0 bridgehead atoms.